The van der Waals surface area contributed by atoms with Gasteiger partial charge in [-0.2, -0.15) is 10.2 Å². The average Bonchev–Trinajstić information content (AvgIpc) is 2.34. The first-order chi connectivity index (χ1) is 8.43. The molecule has 1 aromatic rings. The number of imide groups is 2. The van der Waals surface area contributed by atoms with Crippen LogP contribution in [0.3, 0.4) is 0 Å². The predicted molar refractivity (Wildman–Crippen MR) is 59.9 cm³/mol. The molecule has 7 heteroatoms. The highest BCUT2D eigenvalue weighted by Crippen LogP contribution is 2.24. The van der Waals surface area contributed by atoms with Gasteiger partial charge < -0.3 is 0 Å². The van der Waals surface area contributed by atoms with Crippen LogP contribution in [-0.2, 0) is 16.1 Å². The second-order valence-corrected chi connectivity index (χ2v) is 4.49. The number of amides is 4. The van der Waals surface area contributed by atoms with Crippen molar-refractivity contribution in [1.82, 2.24) is 20.4 Å². The fraction of sp³-hybridized carbons (Fsp3) is 0.364. The molecule has 0 bridgehead atoms. The van der Waals surface area contributed by atoms with Gasteiger partial charge in [0.2, 0.25) is 11.8 Å². The minimum absolute atomic E-state index is 0.00475. The molecule has 7 nitrogen and oxygen atoms in total. The molecule has 0 aliphatic carbocycles. The number of nitrogens with one attached hydrogen (secondary N) is 1. The molecule has 1 aliphatic heterocycles. The molecule has 0 spiro atoms. The van der Waals surface area contributed by atoms with Crippen molar-refractivity contribution in [3.8, 4) is 0 Å². The predicted octanol–water partition coefficient (Wildman–Crippen LogP) is 0.0812. The van der Waals surface area contributed by atoms with Crippen molar-refractivity contribution >= 4 is 17.8 Å². The maximum atomic E-state index is 12.1. The van der Waals surface area contributed by atoms with Crippen molar-refractivity contribution in [3.63, 3.8) is 0 Å². The van der Waals surface area contributed by atoms with E-state index < -0.39 is 23.3 Å². The number of urea groups is 1. The van der Waals surface area contributed by atoms with Crippen LogP contribution < -0.4 is 5.32 Å². The lowest BCUT2D eigenvalue weighted by atomic mass is 9.89. The smallest absolute Gasteiger partial charge is 0.277 e. The van der Waals surface area contributed by atoms with E-state index in [9.17, 15) is 14.4 Å². The van der Waals surface area contributed by atoms with E-state index in [4.69, 9.17) is 0 Å². The molecule has 1 saturated heterocycles. The van der Waals surface area contributed by atoms with Crippen LogP contribution in [0.4, 0.5) is 4.79 Å². The van der Waals surface area contributed by atoms with Crippen molar-refractivity contribution in [2.45, 2.75) is 20.4 Å². The second-order valence-electron chi connectivity index (χ2n) is 4.49. The highest BCUT2D eigenvalue weighted by molar-refractivity contribution is 6.18. The Morgan fingerprint density at radius 2 is 2.06 bits per heavy atom. The van der Waals surface area contributed by atoms with E-state index in [-0.39, 0.29) is 6.54 Å². The molecule has 2 rings (SSSR count). The summed E-state index contributed by atoms with van der Waals surface area (Å²) in [6.45, 7) is 2.94. The average molecular weight is 248 g/mol. The summed E-state index contributed by atoms with van der Waals surface area (Å²) in [5.41, 5.74) is -0.776. The summed E-state index contributed by atoms with van der Waals surface area (Å²) in [4.78, 5) is 36.2. The maximum absolute atomic E-state index is 12.1. The van der Waals surface area contributed by atoms with E-state index in [2.05, 4.69) is 15.5 Å². The minimum atomic E-state index is -1.25. The molecule has 0 aromatic carbocycles. The Hall–Kier alpha value is -2.31. The van der Waals surface area contributed by atoms with E-state index >= 15 is 0 Å². The first kappa shape index (κ1) is 12.2. The summed E-state index contributed by atoms with van der Waals surface area (Å²) in [6, 6.07) is 2.58. The molecular weight excluding hydrogens is 236 g/mol. The van der Waals surface area contributed by atoms with Gasteiger partial charge in [-0.3, -0.25) is 19.8 Å². The van der Waals surface area contributed by atoms with Gasteiger partial charge in [0.1, 0.15) is 5.41 Å². The Labute approximate surface area is 103 Å². The highest BCUT2D eigenvalue weighted by atomic mass is 16.2. The zero-order chi connectivity index (χ0) is 13.3. The fourth-order valence-electron chi connectivity index (χ4n) is 1.57. The lowest BCUT2D eigenvalue weighted by Gasteiger charge is -2.34. The van der Waals surface area contributed by atoms with E-state index in [1.165, 1.54) is 20.0 Å². The third-order valence-corrected chi connectivity index (χ3v) is 2.76. The Balaban J connectivity index is 2.25. The Kier molecular flexibility index (Phi) is 2.82. The summed E-state index contributed by atoms with van der Waals surface area (Å²) < 4.78 is 0. The molecule has 0 saturated carbocycles. The summed E-state index contributed by atoms with van der Waals surface area (Å²) in [7, 11) is 0. The lowest BCUT2D eigenvalue weighted by Crippen LogP contribution is -2.61. The first-order valence-corrected chi connectivity index (χ1v) is 5.37. The molecule has 1 aliphatic rings. The van der Waals surface area contributed by atoms with Gasteiger partial charge in [0.05, 0.1) is 12.2 Å². The van der Waals surface area contributed by atoms with Gasteiger partial charge in [-0.25, -0.2) is 4.79 Å². The van der Waals surface area contributed by atoms with Gasteiger partial charge in [0.15, 0.2) is 0 Å². The molecule has 2 heterocycles. The summed E-state index contributed by atoms with van der Waals surface area (Å²) in [6.07, 6.45) is 1.50. The molecular formula is C11H12N4O3. The fourth-order valence-corrected chi connectivity index (χ4v) is 1.57. The minimum Gasteiger partial charge on any atom is -0.277 e. The number of barbiturate groups is 1. The molecule has 1 N–H and O–H groups in total. The van der Waals surface area contributed by atoms with Crippen molar-refractivity contribution < 1.29 is 14.4 Å². The van der Waals surface area contributed by atoms with E-state index in [1.54, 1.807) is 12.1 Å². The van der Waals surface area contributed by atoms with Crippen molar-refractivity contribution in [2.75, 3.05) is 0 Å². The number of hydrogen-bond acceptors (Lipinski definition) is 5. The molecule has 0 radical (unpaired) electrons. The topological polar surface area (TPSA) is 92.3 Å². The van der Waals surface area contributed by atoms with Gasteiger partial charge in [-0.05, 0) is 26.0 Å². The number of nitrogens with zero attached hydrogens (tertiary/aromatic N) is 3. The number of carbonyl (C=O) groups excluding carboxylic acids is 3. The third kappa shape index (κ3) is 1.94. The largest absolute Gasteiger partial charge is 0.331 e. The Morgan fingerprint density at radius 3 is 2.67 bits per heavy atom. The van der Waals surface area contributed by atoms with Gasteiger partial charge in [-0.1, -0.05) is 0 Å². The molecule has 0 atom stereocenters. The van der Waals surface area contributed by atoms with Gasteiger partial charge >= 0.3 is 6.03 Å². The molecule has 4 amide bonds. The number of rotatable bonds is 2. The van der Waals surface area contributed by atoms with Crippen LogP contribution in [0.15, 0.2) is 18.3 Å². The molecule has 1 fully saturated rings. The van der Waals surface area contributed by atoms with E-state index in [0.717, 1.165) is 4.90 Å². The summed E-state index contributed by atoms with van der Waals surface area (Å²) in [5.74, 6) is -1.13. The monoisotopic (exact) mass is 248 g/mol. The van der Waals surface area contributed by atoms with E-state index in [1.807, 2.05) is 0 Å². The summed E-state index contributed by atoms with van der Waals surface area (Å²) >= 11 is 0. The van der Waals surface area contributed by atoms with Gasteiger partial charge in [-0.15, -0.1) is 0 Å². The van der Waals surface area contributed by atoms with E-state index in [0.29, 0.717) is 5.69 Å². The Bertz CT molecular complexity index is 512. The van der Waals surface area contributed by atoms with Crippen LogP contribution in [0.5, 0.6) is 0 Å². The van der Waals surface area contributed by atoms with Crippen molar-refractivity contribution in [1.29, 1.82) is 0 Å². The van der Waals surface area contributed by atoms with Crippen LogP contribution >= 0.6 is 0 Å². The molecule has 0 unspecified atom stereocenters. The normalized spacial score (nSPS) is 18.8. The molecule has 1 aromatic heterocycles. The zero-order valence-electron chi connectivity index (χ0n) is 10.0. The second kappa shape index (κ2) is 4.17. The number of carbonyl (C=O) groups is 3. The quantitative estimate of drug-likeness (QED) is 0.748. The van der Waals surface area contributed by atoms with Crippen molar-refractivity contribution in [3.05, 3.63) is 24.0 Å². The first-order valence-electron chi connectivity index (χ1n) is 5.37. The van der Waals surface area contributed by atoms with Crippen LogP contribution in [0.25, 0.3) is 0 Å². The number of hydrogen-bond donors (Lipinski definition) is 1. The highest BCUT2D eigenvalue weighted by Gasteiger charge is 2.46. The standard InChI is InChI=1S/C11H12N4O3/c1-11(2)8(16)13-10(18)15(9(11)17)6-7-4-3-5-12-14-7/h3-5H,6H2,1-2H3,(H,13,16,18). The molecule has 94 valence electrons. The van der Waals surface area contributed by atoms with Crippen LogP contribution in [0, 0.1) is 5.41 Å². The maximum Gasteiger partial charge on any atom is 0.331 e. The van der Waals surface area contributed by atoms with Crippen LogP contribution in [0.2, 0.25) is 0 Å². The molecule has 18 heavy (non-hydrogen) atoms. The van der Waals surface area contributed by atoms with Gasteiger partial charge in [0.25, 0.3) is 0 Å². The SMILES string of the molecule is CC1(C)C(=O)NC(=O)N(Cc2cccnn2)C1=O. The lowest BCUT2D eigenvalue weighted by molar-refractivity contribution is -0.149. The zero-order valence-corrected chi connectivity index (χ0v) is 10.0. The van der Waals surface area contributed by atoms with Gasteiger partial charge in [0, 0.05) is 6.20 Å². The summed E-state index contributed by atoms with van der Waals surface area (Å²) in [5, 5.41) is 9.61. The number of aromatic nitrogens is 2. The third-order valence-electron chi connectivity index (χ3n) is 2.76. The van der Waals surface area contributed by atoms with Crippen molar-refractivity contribution in [2.24, 2.45) is 5.41 Å². The van der Waals surface area contributed by atoms with Crippen LogP contribution in [0.1, 0.15) is 19.5 Å². The Morgan fingerprint density at radius 1 is 1.33 bits per heavy atom. The van der Waals surface area contributed by atoms with Crippen LogP contribution in [-0.4, -0.2) is 32.9 Å².